The van der Waals surface area contributed by atoms with E-state index in [1.54, 1.807) is 0 Å². The van der Waals surface area contributed by atoms with Crippen molar-refractivity contribution in [2.75, 3.05) is 6.61 Å². The molecular formula is C4H3Cl2O2. The molecule has 45 valence electrons. The van der Waals surface area contributed by atoms with Gasteiger partial charge in [0.15, 0.2) is 0 Å². The Kier molecular flexibility index (Phi) is 4.81. The molecule has 2 nitrogen and oxygen atoms in total. The van der Waals surface area contributed by atoms with Gasteiger partial charge in [-0.3, -0.25) is 0 Å². The Bertz CT molecular complexity index is 96.2. The third kappa shape index (κ3) is 5.79. The van der Waals surface area contributed by atoms with Crippen molar-refractivity contribution < 1.29 is 9.53 Å². The average molecular weight is 154 g/mol. The molecule has 0 aromatic heterocycles. The smallest absolute Gasteiger partial charge is 0.417 e. The topological polar surface area (TPSA) is 26.3 Å². The van der Waals surface area contributed by atoms with E-state index < -0.39 is 0 Å². The van der Waals surface area contributed by atoms with Gasteiger partial charge in [0.05, 0.1) is 0 Å². The average Bonchev–Trinajstić information content (AvgIpc) is 1.66. The lowest BCUT2D eigenvalue weighted by Crippen LogP contribution is -1.84. The number of halogens is 2. The van der Waals surface area contributed by atoms with Crippen LogP contribution in [-0.2, 0) is 9.53 Å². The first-order valence-electron chi connectivity index (χ1n) is 1.77. The van der Waals surface area contributed by atoms with Gasteiger partial charge >= 0.3 is 6.47 Å². The molecule has 0 spiro atoms. The van der Waals surface area contributed by atoms with Crippen LogP contribution in [0.25, 0.3) is 0 Å². The van der Waals surface area contributed by atoms with Gasteiger partial charge in [0.25, 0.3) is 0 Å². The summed E-state index contributed by atoms with van der Waals surface area (Å²) in [6.07, 6.45) is 1.34. The van der Waals surface area contributed by atoms with Crippen molar-refractivity contribution in [2.24, 2.45) is 0 Å². The van der Waals surface area contributed by atoms with Crippen molar-refractivity contribution in [1.82, 2.24) is 0 Å². The van der Waals surface area contributed by atoms with Crippen molar-refractivity contribution in [3.8, 4) is 0 Å². The molecule has 0 aliphatic rings. The number of hydrogen-bond donors (Lipinski definition) is 0. The highest BCUT2D eigenvalue weighted by atomic mass is 35.5. The summed E-state index contributed by atoms with van der Waals surface area (Å²) in [5, 5.41) is 0. The largest absolute Gasteiger partial charge is 0.453 e. The number of hydrogen-bond acceptors (Lipinski definition) is 2. The van der Waals surface area contributed by atoms with Crippen LogP contribution in [0.3, 0.4) is 0 Å². The Morgan fingerprint density at radius 3 is 2.75 bits per heavy atom. The minimum Gasteiger partial charge on any atom is -0.453 e. The van der Waals surface area contributed by atoms with E-state index in [1.807, 2.05) is 0 Å². The summed E-state index contributed by atoms with van der Waals surface area (Å²) in [4.78, 5) is 9.32. The summed E-state index contributed by atoms with van der Waals surface area (Å²) in [6, 6.07) is 0. The summed E-state index contributed by atoms with van der Waals surface area (Å²) >= 11 is 10.3. The molecule has 0 aliphatic carbocycles. The van der Waals surface area contributed by atoms with E-state index in [0.717, 1.165) is 0 Å². The highest BCUT2D eigenvalue weighted by Gasteiger charge is 1.81. The van der Waals surface area contributed by atoms with Crippen molar-refractivity contribution in [2.45, 2.75) is 0 Å². The highest BCUT2D eigenvalue weighted by molar-refractivity contribution is 6.55. The first-order chi connectivity index (χ1) is 3.77. The maximum atomic E-state index is 9.32. The van der Waals surface area contributed by atoms with Gasteiger partial charge in [0.1, 0.15) is 11.1 Å². The van der Waals surface area contributed by atoms with E-state index in [1.165, 1.54) is 12.5 Å². The second-order valence-corrected chi connectivity index (χ2v) is 1.90. The fourth-order valence-electron chi connectivity index (χ4n) is 0.139. The molecule has 1 radical (unpaired) electrons. The summed E-state index contributed by atoms with van der Waals surface area (Å²) in [5.41, 5.74) is 0. The maximum absolute atomic E-state index is 9.32. The summed E-state index contributed by atoms with van der Waals surface area (Å²) < 4.78 is 4.18. The van der Waals surface area contributed by atoms with Crippen LogP contribution in [0.15, 0.2) is 10.6 Å². The molecule has 0 bridgehead atoms. The third-order valence-corrected chi connectivity index (χ3v) is 0.689. The summed E-state index contributed by atoms with van der Waals surface area (Å²) in [7, 11) is 0. The molecule has 0 saturated heterocycles. The standard InChI is InChI=1S/C4H3Cl2O2/c5-4(6)1-2-8-3-7/h1H,2H2. The van der Waals surface area contributed by atoms with Crippen LogP contribution in [0.4, 0.5) is 0 Å². The van der Waals surface area contributed by atoms with Gasteiger partial charge in [-0.05, 0) is 6.08 Å². The number of ether oxygens (including phenoxy) is 1. The van der Waals surface area contributed by atoms with Gasteiger partial charge in [0, 0.05) is 0 Å². The zero-order valence-electron chi connectivity index (χ0n) is 3.86. The quantitative estimate of drug-likeness (QED) is 0.574. The molecule has 0 atom stereocenters. The Balaban J connectivity index is 3.15. The SMILES string of the molecule is O=[C]OCC=C(Cl)Cl. The number of rotatable bonds is 3. The maximum Gasteiger partial charge on any atom is 0.417 e. The van der Waals surface area contributed by atoms with Crippen LogP contribution in [-0.4, -0.2) is 13.1 Å². The Morgan fingerprint density at radius 1 is 1.75 bits per heavy atom. The van der Waals surface area contributed by atoms with Crippen LogP contribution < -0.4 is 0 Å². The monoisotopic (exact) mass is 153 g/mol. The van der Waals surface area contributed by atoms with E-state index >= 15 is 0 Å². The molecule has 0 heterocycles. The van der Waals surface area contributed by atoms with E-state index in [4.69, 9.17) is 23.2 Å². The molecule has 0 rings (SSSR count). The first-order valence-corrected chi connectivity index (χ1v) is 2.53. The lowest BCUT2D eigenvalue weighted by molar-refractivity contribution is 0.314. The Hall–Kier alpha value is -0.210. The van der Waals surface area contributed by atoms with E-state index in [9.17, 15) is 4.79 Å². The third-order valence-electron chi connectivity index (χ3n) is 0.380. The lowest BCUT2D eigenvalue weighted by atomic mass is 10.7. The second kappa shape index (κ2) is 4.94. The van der Waals surface area contributed by atoms with Gasteiger partial charge in [-0.15, -0.1) is 0 Å². The predicted octanol–water partition coefficient (Wildman–Crippen LogP) is 1.39. The molecular weight excluding hydrogens is 151 g/mol. The van der Waals surface area contributed by atoms with Crippen LogP contribution in [0, 0.1) is 0 Å². The molecule has 0 unspecified atom stereocenters. The molecule has 8 heavy (non-hydrogen) atoms. The van der Waals surface area contributed by atoms with Gasteiger partial charge in [0.2, 0.25) is 0 Å². The van der Waals surface area contributed by atoms with E-state index in [0.29, 0.717) is 0 Å². The zero-order chi connectivity index (χ0) is 6.41. The Morgan fingerprint density at radius 2 is 2.38 bits per heavy atom. The van der Waals surface area contributed by atoms with Crippen LogP contribution in [0.2, 0.25) is 0 Å². The highest BCUT2D eigenvalue weighted by Crippen LogP contribution is 2.04. The molecule has 0 N–H and O–H groups in total. The predicted molar refractivity (Wildman–Crippen MR) is 31.4 cm³/mol. The van der Waals surface area contributed by atoms with Crippen molar-refractivity contribution in [3.63, 3.8) is 0 Å². The van der Waals surface area contributed by atoms with Crippen LogP contribution in [0.5, 0.6) is 0 Å². The summed E-state index contributed by atoms with van der Waals surface area (Å²) in [6.45, 7) is 1.29. The van der Waals surface area contributed by atoms with Crippen LogP contribution in [0.1, 0.15) is 0 Å². The van der Waals surface area contributed by atoms with Gasteiger partial charge in [-0.1, -0.05) is 23.2 Å². The normalized spacial score (nSPS) is 7.75. The number of carbonyl (C=O) groups excluding carboxylic acids is 1. The molecule has 0 aromatic rings. The summed E-state index contributed by atoms with van der Waals surface area (Å²) in [5.74, 6) is 0. The lowest BCUT2D eigenvalue weighted by Gasteiger charge is -1.84. The fraction of sp³-hybridized carbons (Fsp3) is 0.250. The molecule has 0 aromatic carbocycles. The minimum absolute atomic E-state index is 0.0752. The molecule has 0 fully saturated rings. The second-order valence-electron chi connectivity index (χ2n) is 0.888. The Labute approximate surface area is 57.0 Å². The first kappa shape index (κ1) is 7.79. The van der Waals surface area contributed by atoms with Gasteiger partial charge in [-0.2, -0.15) is 0 Å². The molecule has 4 heteroatoms. The van der Waals surface area contributed by atoms with Crippen molar-refractivity contribution in [1.29, 1.82) is 0 Å². The van der Waals surface area contributed by atoms with E-state index in [2.05, 4.69) is 4.74 Å². The molecule has 0 saturated carbocycles. The minimum atomic E-state index is 0.0752. The van der Waals surface area contributed by atoms with Crippen LogP contribution >= 0.6 is 23.2 Å². The molecule has 0 aliphatic heterocycles. The van der Waals surface area contributed by atoms with Gasteiger partial charge < -0.3 is 4.74 Å². The van der Waals surface area contributed by atoms with E-state index in [-0.39, 0.29) is 11.1 Å². The van der Waals surface area contributed by atoms with Crippen molar-refractivity contribution in [3.05, 3.63) is 10.6 Å². The van der Waals surface area contributed by atoms with Gasteiger partial charge in [-0.25, -0.2) is 4.79 Å². The molecule has 0 amide bonds. The fourth-order valence-corrected chi connectivity index (χ4v) is 0.265. The van der Waals surface area contributed by atoms with Crippen molar-refractivity contribution >= 4 is 29.7 Å². The zero-order valence-corrected chi connectivity index (χ0v) is 5.37.